The summed E-state index contributed by atoms with van der Waals surface area (Å²) in [4.78, 5) is 4.74. The molecule has 0 amide bonds. The fraction of sp³-hybridized carbons (Fsp3) is 0.750. The maximum Gasteiger partial charge on any atom is 0.191 e. The first kappa shape index (κ1) is 22.2. The normalized spacial score (nSPS) is 17.4. The van der Waals surface area contributed by atoms with Crippen molar-refractivity contribution in [1.82, 2.24) is 25.4 Å². The number of aromatic nitrogens is 3. The van der Waals surface area contributed by atoms with E-state index in [1.165, 1.54) is 44.9 Å². The molecule has 1 aliphatic carbocycles. The van der Waals surface area contributed by atoms with Crippen LogP contribution in [0.25, 0.3) is 0 Å². The molecule has 0 fully saturated rings. The van der Waals surface area contributed by atoms with Gasteiger partial charge in [-0.3, -0.25) is 4.99 Å². The first-order chi connectivity index (χ1) is 12.9. The molecule has 1 aromatic rings. The number of aryl methyl sites for hydroxylation is 1. The van der Waals surface area contributed by atoms with Gasteiger partial charge in [0.05, 0.1) is 0 Å². The number of nitrogens with zero attached hydrogens (tertiary/aromatic N) is 4. The van der Waals surface area contributed by atoms with Gasteiger partial charge < -0.3 is 15.2 Å². The predicted molar refractivity (Wildman–Crippen MR) is 122 cm³/mol. The Bertz CT molecular complexity index is 622. The van der Waals surface area contributed by atoms with Gasteiger partial charge in [-0.2, -0.15) is 0 Å². The van der Waals surface area contributed by atoms with E-state index >= 15 is 0 Å². The van der Waals surface area contributed by atoms with Gasteiger partial charge in [-0.25, -0.2) is 0 Å². The van der Waals surface area contributed by atoms with Gasteiger partial charge in [-0.1, -0.05) is 18.1 Å². The molecular formula is C20H35IN6. The van der Waals surface area contributed by atoms with Gasteiger partial charge >= 0.3 is 0 Å². The van der Waals surface area contributed by atoms with E-state index in [1.54, 1.807) is 5.57 Å². The average molecular weight is 486 g/mol. The Balaban J connectivity index is 0.00000261. The van der Waals surface area contributed by atoms with Crippen LogP contribution >= 0.6 is 24.0 Å². The van der Waals surface area contributed by atoms with Crippen molar-refractivity contribution in [2.75, 3.05) is 19.6 Å². The fourth-order valence-corrected chi connectivity index (χ4v) is 3.81. The molecule has 1 aliphatic heterocycles. The molecule has 27 heavy (non-hydrogen) atoms. The standard InChI is InChI=1S/C20H34N6.HI/c1-2-21-20(22-14-12-17-9-5-3-6-10-17)23-15-13-19-25-24-18-11-7-4-8-16-26(18)19;/h9H,2-8,10-16H2,1H3,(H2,21,22,23);1H. The number of aliphatic imine (C=N–C) groups is 1. The summed E-state index contributed by atoms with van der Waals surface area (Å²) in [6.45, 7) is 5.76. The molecule has 1 aromatic heterocycles. The summed E-state index contributed by atoms with van der Waals surface area (Å²) in [6, 6.07) is 0. The largest absolute Gasteiger partial charge is 0.357 e. The number of hydrogen-bond acceptors (Lipinski definition) is 3. The number of allylic oxidation sites excluding steroid dienone is 1. The second-order valence-electron chi connectivity index (χ2n) is 7.29. The highest BCUT2D eigenvalue weighted by atomic mass is 127. The van der Waals surface area contributed by atoms with Gasteiger partial charge in [0.2, 0.25) is 0 Å². The van der Waals surface area contributed by atoms with Crippen LogP contribution in [0.5, 0.6) is 0 Å². The molecule has 2 N–H and O–H groups in total. The minimum atomic E-state index is 0. The number of fused-ring (bicyclic) bond motifs is 1. The maximum atomic E-state index is 4.74. The third-order valence-electron chi connectivity index (χ3n) is 5.26. The zero-order chi connectivity index (χ0) is 18.0. The third-order valence-corrected chi connectivity index (χ3v) is 5.26. The summed E-state index contributed by atoms with van der Waals surface area (Å²) in [5.41, 5.74) is 1.60. The molecule has 0 bridgehead atoms. The van der Waals surface area contributed by atoms with Gasteiger partial charge in [-0.05, 0) is 51.9 Å². The molecule has 3 rings (SSSR count). The summed E-state index contributed by atoms with van der Waals surface area (Å²) in [5, 5.41) is 15.6. The minimum Gasteiger partial charge on any atom is -0.357 e. The lowest BCUT2D eigenvalue weighted by molar-refractivity contribution is 0.604. The number of nitrogens with one attached hydrogen (secondary N) is 2. The molecule has 2 heterocycles. The summed E-state index contributed by atoms with van der Waals surface area (Å²) in [5.74, 6) is 3.17. The van der Waals surface area contributed by atoms with Crippen LogP contribution in [0.3, 0.4) is 0 Å². The number of halogens is 1. The Morgan fingerprint density at radius 3 is 2.78 bits per heavy atom. The lowest BCUT2D eigenvalue weighted by atomic mass is 9.97. The highest BCUT2D eigenvalue weighted by Gasteiger charge is 2.14. The number of hydrogen-bond donors (Lipinski definition) is 2. The monoisotopic (exact) mass is 486 g/mol. The molecular weight excluding hydrogens is 451 g/mol. The van der Waals surface area contributed by atoms with E-state index in [4.69, 9.17) is 4.99 Å². The maximum absolute atomic E-state index is 4.74. The minimum absolute atomic E-state index is 0. The third kappa shape index (κ3) is 7.08. The van der Waals surface area contributed by atoms with E-state index in [9.17, 15) is 0 Å². The van der Waals surface area contributed by atoms with Crippen molar-refractivity contribution in [3.05, 3.63) is 23.3 Å². The van der Waals surface area contributed by atoms with Crippen LogP contribution in [0.4, 0.5) is 0 Å². The molecule has 0 saturated carbocycles. The van der Waals surface area contributed by atoms with Crippen LogP contribution in [0.15, 0.2) is 16.6 Å². The quantitative estimate of drug-likeness (QED) is 0.268. The summed E-state index contributed by atoms with van der Waals surface area (Å²) in [6.07, 6.45) is 14.5. The highest BCUT2D eigenvalue weighted by Crippen LogP contribution is 2.19. The first-order valence-corrected chi connectivity index (χ1v) is 10.5. The van der Waals surface area contributed by atoms with Crippen LogP contribution in [0.2, 0.25) is 0 Å². The smallest absolute Gasteiger partial charge is 0.191 e. The van der Waals surface area contributed by atoms with Crippen molar-refractivity contribution in [2.24, 2.45) is 4.99 Å². The first-order valence-electron chi connectivity index (χ1n) is 10.5. The van der Waals surface area contributed by atoms with E-state index in [1.807, 2.05) is 0 Å². The zero-order valence-corrected chi connectivity index (χ0v) is 19.0. The zero-order valence-electron chi connectivity index (χ0n) is 16.7. The van der Waals surface area contributed by atoms with Gasteiger partial charge in [0.25, 0.3) is 0 Å². The van der Waals surface area contributed by atoms with E-state index in [0.717, 1.165) is 63.0 Å². The molecule has 0 unspecified atom stereocenters. The molecule has 7 heteroatoms. The Morgan fingerprint density at radius 2 is 1.96 bits per heavy atom. The Hall–Kier alpha value is -1.12. The van der Waals surface area contributed by atoms with Crippen LogP contribution in [0.1, 0.15) is 69.9 Å². The second kappa shape index (κ2) is 12.4. The van der Waals surface area contributed by atoms with Crippen molar-refractivity contribution in [1.29, 1.82) is 0 Å². The molecule has 0 atom stereocenters. The van der Waals surface area contributed by atoms with Gasteiger partial charge in [0, 0.05) is 39.0 Å². The van der Waals surface area contributed by atoms with Gasteiger partial charge in [0.15, 0.2) is 5.96 Å². The fourth-order valence-electron chi connectivity index (χ4n) is 3.81. The second-order valence-corrected chi connectivity index (χ2v) is 7.29. The lowest BCUT2D eigenvalue weighted by Gasteiger charge is -2.15. The van der Waals surface area contributed by atoms with Crippen molar-refractivity contribution in [3.63, 3.8) is 0 Å². The number of rotatable bonds is 7. The van der Waals surface area contributed by atoms with Crippen LogP contribution in [-0.4, -0.2) is 40.4 Å². The molecule has 152 valence electrons. The highest BCUT2D eigenvalue weighted by molar-refractivity contribution is 14.0. The lowest BCUT2D eigenvalue weighted by Crippen LogP contribution is -2.38. The SMILES string of the molecule is CCNC(=NCCc1nnc2n1CCCCC2)NCCC1=CCCCC1.I. The molecule has 0 aromatic carbocycles. The molecule has 0 spiro atoms. The van der Waals surface area contributed by atoms with Crippen molar-refractivity contribution in [3.8, 4) is 0 Å². The van der Waals surface area contributed by atoms with Crippen LogP contribution in [0, 0.1) is 0 Å². The topological polar surface area (TPSA) is 67.1 Å². The van der Waals surface area contributed by atoms with Gasteiger partial charge in [-0.15, -0.1) is 34.2 Å². The Labute approximate surface area is 180 Å². The average Bonchev–Trinajstić information content (AvgIpc) is 2.89. The summed E-state index contributed by atoms with van der Waals surface area (Å²) in [7, 11) is 0. The molecule has 0 radical (unpaired) electrons. The Kier molecular flexibility index (Phi) is 10.2. The van der Waals surface area contributed by atoms with Crippen molar-refractivity contribution < 1.29 is 0 Å². The molecule has 0 saturated heterocycles. The summed E-state index contributed by atoms with van der Waals surface area (Å²) >= 11 is 0. The van der Waals surface area contributed by atoms with E-state index in [-0.39, 0.29) is 24.0 Å². The predicted octanol–water partition coefficient (Wildman–Crippen LogP) is 3.61. The Morgan fingerprint density at radius 1 is 1.07 bits per heavy atom. The molecule has 6 nitrogen and oxygen atoms in total. The van der Waals surface area contributed by atoms with E-state index in [0.29, 0.717) is 0 Å². The van der Waals surface area contributed by atoms with Crippen LogP contribution in [-0.2, 0) is 19.4 Å². The van der Waals surface area contributed by atoms with Crippen molar-refractivity contribution in [2.45, 2.75) is 77.7 Å². The molecule has 2 aliphatic rings. The van der Waals surface area contributed by atoms with E-state index < -0.39 is 0 Å². The van der Waals surface area contributed by atoms with Crippen LogP contribution < -0.4 is 10.6 Å². The van der Waals surface area contributed by atoms with Crippen molar-refractivity contribution >= 4 is 29.9 Å². The summed E-state index contributed by atoms with van der Waals surface area (Å²) < 4.78 is 2.32. The van der Waals surface area contributed by atoms with Gasteiger partial charge in [0.1, 0.15) is 11.6 Å². The van der Waals surface area contributed by atoms with E-state index in [2.05, 4.69) is 38.4 Å². The number of guanidine groups is 1.